The summed E-state index contributed by atoms with van der Waals surface area (Å²) in [5.74, 6) is 0.115. The molecule has 2 rings (SSSR count). The molecule has 1 atom stereocenters. The van der Waals surface area contributed by atoms with E-state index in [9.17, 15) is 9.59 Å². The Morgan fingerprint density at radius 2 is 2.24 bits per heavy atom. The molecule has 1 unspecified atom stereocenters. The predicted molar refractivity (Wildman–Crippen MR) is 85.5 cm³/mol. The van der Waals surface area contributed by atoms with E-state index >= 15 is 0 Å². The van der Waals surface area contributed by atoms with Gasteiger partial charge in [-0.15, -0.1) is 12.4 Å². The number of rotatable bonds is 5. The van der Waals surface area contributed by atoms with E-state index in [2.05, 4.69) is 5.32 Å². The number of halogens is 1. The molecule has 1 fully saturated rings. The molecule has 0 aromatic heterocycles. The lowest BCUT2D eigenvalue weighted by molar-refractivity contribution is -0.121. The summed E-state index contributed by atoms with van der Waals surface area (Å²) in [6.45, 7) is 3.05. The zero-order chi connectivity index (χ0) is 14.5. The van der Waals surface area contributed by atoms with Gasteiger partial charge in [-0.3, -0.25) is 9.59 Å². The first-order valence-corrected chi connectivity index (χ1v) is 7.01. The maximum atomic E-state index is 11.8. The predicted octanol–water partition coefficient (Wildman–Crippen LogP) is 1.76. The lowest BCUT2D eigenvalue weighted by Gasteiger charge is -2.19. The first-order valence-electron chi connectivity index (χ1n) is 7.01. The van der Waals surface area contributed by atoms with Gasteiger partial charge in [0.05, 0.1) is 6.04 Å². The molecule has 1 saturated heterocycles. The van der Waals surface area contributed by atoms with Crippen LogP contribution in [0.15, 0.2) is 24.3 Å². The molecular weight excluding hydrogens is 290 g/mol. The monoisotopic (exact) mass is 311 g/mol. The molecule has 1 aliphatic rings. The smallest absolute Gasteiger partial charge is 0.227 e. The van der Waals surface area contributed by atoms with Crippen LogP contribution in [0.5, 0.6) is 0 Å². The van der Waals surface area contributed by atoms with Crippen molar-refractivity contribution in [3.05, 3.63) is 29.8 Å². The van der Waals surface area contributed by atoms with Crippen LogP contribution in [-0.4, -0.2) is 24.9 Å². The molecule has 116 valence electrons. The Kier molecular flexibility index (Phi) is 6.65. The standard InChI is InChI=1S/C15H21N3O2.ClH/c1-11(17-14(19)7-8-16)12-4-2-5-13(10-12)18-9-3-6-15(18)20;/h2,4-5,10-11H,3,6-9,16H2,1H3,(H,17,19);1H. The fourth-order valence-corrected chi connectivity index (χ4v) is 2.41. The van der Waals surface area contributed by atoms with Gasteiger partial charge >= 0.3 is 0 Å². The minimum Gasteiger partial charge on any atom is -0.350 e. The van der Waals surface area contributed by atoms with Gasteiger partial charge in [0.25, 0.3) is 0 Å². The minimum absolute atomic E-state index is 0. The highest BCUT2D eigenvalue weighted by Gasteiger charge is 2.22. The van der Waals surface area contributed by atoms with Gasteiger partial charge in [-0.1, -0.05) is 12.1 Å². The normalized spacial score (nSPS) is 15.5. The Bertz CT molecular complexity index is 507. The third-order valence-corrected chi connectivity index (χ3v) is 3.50. The molecule has 1 aromatic rings. The third kappa shape index (κ3) is 4.44. The summed E-state index contributed by atoms with van der Waals surface area (Å²) < 4.78 is 0. The molecule has 2 amide bonds. The van der Waals surface area contributed by atoms with E-state index in [0.29, 0.717) is 19.4 Å². The molecule has 21 heavy (non-hydrogen) atoms. The van der Waals surface area contributed by atoms with E-state index < -0.39 is 0 Å². The lowest BCUT2D eigenvalue weighted by Crippen LogP contribution is -2.28. The molecule has 1 heterocycles. The number of carbonyl (C=O) groups is 2. The molecule has 0 saturated carbocycles. The van der Waals surface area contributed by atoms with Crippen LogP contribution in [0.25, 0.3) is 0 Å². The highest BCUT2D eigenvalue weighted by atomic mass is 35.5. The van der Waals surface area contributed by atoms with Crippen molar-refractivity contribution in [3.63, 3.8) is 0 Å². The van der Waals surface area contributed by atoms with Gasteiger partial charge in [-0.2, -0.15) is 0 Å². The summed E-state index contributed by atoms with van der Waals surface area (Å²) in [7, 11) is 0. The van der Waals surface area contributed by atoms with Crippen molar-refractivity contribution >= 4 is 29.9 Å². The van der Waals surface area contributed by atoms with Gasteiger partial charge in [-0.05, 0) is 31.0 Å². The Hall–Kier alpha value is -1.59. The molecule has 0 bridgehead atoms. The summed E-state index contributed by atoms with van der Waals surface area (Å²) in [5, 5.41) is 2.90. The molecule has 3 N–H and O–H groups in total. The van der Waals surface area contributed by atoms with E-state index in [0.717, 1.165) is 24.2 Å². The van der Waals surface area contributed by atoms with Gasteiger partial charge in [0.15, 0.2) is 0 Å². The molecule has 0 aliphatic carbocycles. The van der Waals surface area contributed by atoms with E-state index in [1.165, 1.54) is 0 Å². The number of carbonyl (C=O) groups excluding carboxylic acids is 2. The first kappa shape index (κ1) is 17.5. The summed E-state index contributed by atoms with van der Waals surface area (Å²) >= 11 is 0. The Morgan fingerprint density at radius 3 is 2.86 bits per heavy atom. The second-order valence-corrected chi connectivity index (χ2v) is 5.07. The maximum Gasteiger partial charge on any atom is 0.227 e. The SMILES string of the molecule is CC(NC(=O)CCN)c1cccc(N2CCCC2=O)c1.Cl. The second-order valence-electron chi connectivity index (χ2n) is 5.07. The van der Waals surface area contributed by atoms with Gasteiger partial charge in [-0.25, -0.2) is 0 Å². The average molecular weight is 312 g/mol. The average Bonchev–Trinajstić information content (AvgIpc) is 2.85. The second kappa shape index (κ2) is 8.00. The van der Waals surface area contributed by atoms with Crippen molar-refractivity contribution < 1.29 is 9.59 Å². The van der Waals surface area contributed by atoms with Gasteiger partial charge < -0.3 is 16.0 Å². The number of anilines is 1. The van der Waals surface area contributed by atoms with Crippen LogP contribution in [0, 0.1) is 0 Å². The number of amides is 2. The number of nitrogens with one attached hydrogen (secondary N) is 1. The number of benzene rings is 1. The summed E-state index contributed by atoms with van der Waals surface area (Å²) in [6, 6.07) is 7.68. The van der Waals surface area contributed by atoms with Crippen LogP contribution in [0.3, 0.4) is 0 Å². The molecule has 5 nitrogen and oxygen atoms in total. The summed E-state index contributed by atoms with van der Waals surface area (Å²) in [6.07, 6.45) is 1.85. The molecule has 6 heteroatoms. The Labute approximate surface area is 131 Å². The molecule has 0 spiro atoms. The van der Waals surface area contributed by atoms with E-state index in [4.69, 9.17) is 5.73 Å². The van der Waals surface area contributed by atoms with E-state index in [1.807, 2.05) is 31.2 Å². The zero-order valence-electron chi connectivity index (χ0n) is 12.2. The van der Waals surface area contributed by atoms with Crippen molar-refractivity contribution in [2.45, 2.75) is 32.2 Å². The van der Waals surface area contributed by atoms with Crippen molar-refractivity contribution in [1.29, 1.82) is 0 Å². The minimum atomic E-state index is -0.0910. The van der Waals surface area contributed by atoms with Crippen molar-refractivity contribution in [2.75, 3.05) is 18.0 Å². The fourth-order valence-electron chi connectivity index (χ4n) is 2.41. The lowest BCUT2D eigenvalue weighted by atomic mass is 10.1. The van der Waals surface area contributed by atoms with Crippen LogP contribution >= 0.6 is 12.4 Å². The Morgan fingerprint density at radius 1 is 1.48 bits per heavy atom. The van der Waals surface area contributed by atoms with Crippen LogP contribution in [-0.2, 0) is 9.59 Å². The number of nitrogens with zero attached hydrogens (tertiary/aromatic N) is 1. The van der Waals surface area contributed by atoms with Crippen molar-refractivity contribution in [3.8, 4) is 0 Å². The van der Waals surface area contributed by atoms with E-state index in [-0.39, 0.29) is 30.3 Å². The molecule has 0 radical (unpaired) electrons. The maximum absolute atomic E-state index is 11.8. The zero-order valence-corrected chi connectivity index (χ0v) is 13.0. The van der Waals surface area contributed by atoms with E-state index in [1.54, 1.807) is 4.90 Å². The largest absolute Gasteiger partial charge is 0.350 e. The van der Waals surface area contributed by atoms with Crippen LogP contribution in [0.2, 0.25) is 0 Å². The van der Waals surface area contributed by atoms with Gasteiger partial charge in [0.2, 0.25) is 11.8 Å². The number of hydrogen-bond donors (Lipinski definition) is 2. The fraction of sp³-hybridized carbons (Fsp3) is 0.467. The quantitative estimate of drug-likeness (QED) is 0.870. The van der Waals surface area contributed by atoms with Crippen molar-refractivity contribution in [1.82, 2.24) is 5.32 Å². The molecule has 1 aliphatic heterocycles. The van der Waals surface area contributed by atoms with Crippen LogP contribution < -0.4 is 16.0 Å². The molecule has 1 aromatic carbocycles. The van der Waals surface area contributed by atoms with Crippen molar-refractivity contribution in [2.24, 2.45) is 5.73 Å². The third-order valence-electron chi connectivity index (χ3n) is 3.50. The van der Waals surface area contributed by atoms with Gasteiger partial charge in [0.1, 0.15) is 0 Å². The topological polar surface area (TPSA) is 75.4 Å². The summed E-state index contributed by atoms with van der Waals surface area (Å²) in [4.78, 5) is 25.1. The molecular formula is C15H22ClN3O2. The summed E-state index contributed by atoms with van der Waals surface area (Å²) in [5.41, 5.74) is 7.26. The highest BCUT2D eigenvalue weighted by molar-refractivity contribution is 5.95. The van der Waals surface area contributed by atoms with Gasteiger partial charge in [0, 0.05) is 31.6 Å². The van der Waals surface area contributed by atoms with Crippen LogP contribution in [0.1, 0.15) is 37.8 Å². The van der Waals surface area contributed by atoms with Crippen LogP contribution in [0.4, 0.5) is 5.69 Å². The highest BCUT2D eigenvalue weighted by Crippen LogP contribution is 2.24. The first-order chi connectivity index (χ1) is 9.61. The Balaban J connectivity index is 0.00000220. The number of hydrogen-bond acceptors (Lipinski definition) is 3. The number of nitrogens with two attached hydrogens (primary N) is 1.